The first-order valence-corrected chi connectivity index (χ1v) is 6.91. The molecule has 2 rings (SSSR count). The van der Waals surface area contributed by atoms with Crippen LogP contribution in [0.2, 0.25) is 0 Å². The molecule has 106 valence electrons. The summed E-state index contributed by atoms with van der Waals surface area (Å²) in [5.41, 5.74) is 0.700. The second-order valence-electron chi connectivity index (χ2n) is 3.90. The number of carbonyl (C=O) groups excluding carboxylic acids is 1. The molecule has 1 atom stereocenters. The highest BCUT2D eigenvalue weighted by atomic mass is 32.2. The Morgan fingerprint density at radius 3 is 2.80 bits per heavy atom. The van der Waals surface area contributed by atoms with Crippen LogP contribution in [0, 0.1) is 0 Å². The maximum absolute atomic E-state index is 11.6. The van der Waals surface area contributed by atoms with Crippen LogP contribution >= 0.6 is 11.8 Å². The Bertz CT molecular complexity index is 585. The monoisotopic (exact) mass is 294 g/mol. The van der Waals surface area contributed by atoms with Crippen LogP contribution in [0.25, 0.3) is 5.69 Å². The van der Waals surface area contributed by atoms with Crippen LogP contribution in [0.5, 0.6) is 5.75 Å². The molecule has 0 saturated heterocycles. The molecule has 0 fully saturated rings. The SMILES string of the molecule is CCOC(=O)[C@@H](C)Sc1nnnn1-c1ccc(O)cc1. The standard InChI is InChI=1S/C12H14N4O3S/c1-3-19-11(18)8(2)20-12-13-14-15-16(12)9-4-6-10(17)7-5-9/h4-8,17H,3H2,1-2H3/t8-/m1/s1. The summed E-state index contributed by atoms with van der Waals surface area (Å²) in [5.74, 6) is -0.145. The number of hydrogen-bond acceptors (Lipinski definition) is 7. The third-order valence-corrected chi connectivity index (χ3v) is 3.45. The van der Waals surface area contributed by atoms with Crippen LogP contribution in [-0.2, 0) is 9.53 Å². The fourth-order valence-electron chi connectivity index (χ4n) is 1.47. The van der Waals surface area contributed by atoms with Crippen LogP contribution in [0.1, 0.15) is 13.8 Å². The van der Waals surface area contributed by atoms with Crippen molar-refractivity contribution in [2.75, 3.05) is 6.61 Å². The Labute approximate surface area is 119 Å². The summed E-state index contributed by atoms with van der Waals surface area (Å²) in [7, 11) is 0. The van der Waals surface area contributed by atoms with Gasteiger partial charge in [0.1, 0.15) is 11.0 Å². The smallest absolute Gasteiger partial charge is 0.319 e. The average molecular weight is 294 g/mol. The van der Waals surface area contributed by atoms with Gasteiger partial charge in [0.15, 0.2) is 0 Å². The molecule has 0 aliphatic heterocycles. The van der Waals surface area contributed by atoms with Crippen molar-refractivity contribution in [3.05, 3.63) is 24.3 Å². The van der Waals surface area contributed by atoms with Gasteiger partial charge in [-0.1, -0.05) is 11.8 Å². The first kappa shape index (κ1) is 14.3. The summed E-state index contributed by atoms with van der Waals surface area (Å²) in [6, 6.07) is 6.45. The minimum atomic E-state index is -0.406. The Morgan fingerprint density at radius 2 is 2.15 bits per heavy atom. The number of nitrogens with zero attached hydrogens (tertiary/aromatic N) is 4. The molecule has 1 aromatic carbocycles. The van der Waals surface area contributed by atoms with E-state index in [-0.39, 0.29) is 11.7 Å². The lowest BCUT2D eigenvalue weighted by molar-refractivity contribution is -0.142. The third kappa shape index (κ3) is 3.27. The normalized spacial score (nSPS) is 12.1. The molecule has 20 heavy (non-hydrogen) atoms. The van der Waals surface area contributed by atoms with Crippen LogP contribution in [0.3, 0.4) is 0 Å². The van der Waals surface area contributed by atoms with Crippen molar-refractivity contribution in [1.29, 1.82) is 0 Å². The minimum absolute atomic E-state index is 0.163. The lowest BCUT2D eigenvalue weighted by Crippen LogP contribution is -2.17. The molecule has 0 radical (unpaired) electrons. The first-order valence-electron chi connectivity index (χ1n) is 6.03. The summed E-state index contributed by atoms with van der Waals surface area (Å²) < 4.78 is 6.44. The number of aromatic nitrogens is 4. The fraction of sp³-hybridized carbons (Fsp3) is 0.333. The van der Waals surface area contributed by atoms with Crippen molar-refractivity contribution >= 4 is 17.7 Å². The number of rotatable bonds is 5. The number of tetrazole rings is 1. The lowest BCUT2D eigenvalue weighted by atomic mass is 10.3. The topological polar surface area (TPSA) is 90.1 Å². The number of benzene rings is 1. The average Bonchev–Trinajstić information content (AvgIpc) is 2.88. The van der Waals surface area contributed by atoms with Crippen molar-refractivity contribution in [3.63, 3.8) is 0 Å². The molecule has 0 unspecified atom stereocenters. The van der Waals surface area contributed by atoms with E-state index in [2.05, 4.69) is 15.5 Å². The number of hydrogen-bond donors (Lipinski definition) is 1. The van der Waals surface area contributed by atoms with Gasteiger partial charge in [-0.25, -0.2) is 0 Å². The molecule has 0 aliphatic carbocycles. The van der Waals surface area contributed by atoms with Gasteiger partial charge in [0.05, 0.1) is 12.3 Å². The molecule has 7 nitrogen and oxygen atoms in total. The van der Waals surface area contributed by atoms with Gasteiger partial charge < -0.3 is 9.84 Å². The molecule has 2 aromatic rings. The van der Waals surface area contributed by atoms with Crippen molar-refractivity contribution in [2.45, 2.75) is 24.3 Å². The molecule has 8 heteroatoms. The molecule has 0 amide bonds. The molecule has 1 aromatic heterocycles. The Kier molecular flexibility index (Phi) is 4.57. The van der Waals surface area contributed by atoms with Gasteiger partial charge in [-0.3, -0.25) is 4.79 Å². The number of phenols is 1. The van der Waals surface area contributed by atoms with E-state index in [1.54, 1.807) is 38.1 Å². The van der Waals surface area contributed by atoms with Gasteiger partial charge in [0, 0.05) is 0 Å². The quantitative estimate of drug-likeness (QED) is 0.658. The highest BCUT2D eigenvalue weighted by Crippen LogP contribution is 2.24. The van der Waals surface area contributed by atoms with Gasteiger partial charge in [-0.05, 0) is 48.5 Å². The van der Waals surface area contributed by atoms with Crippen LogP contribution in [0.15, 0.2) is 29.4 Å². The summed E-state index contributed by atoms with van der Waals surface area (Å²) in [6.45, 7) is 3.83. The van der Waals surface area contributed by atoms with E-state index in [0.717, 1.165) is 0 Å². The molecule has 1 heterocycles. The van der Waals surface area contributed by atoms with E-state index in [0.29, 0.717) is 17.5 Å². The maximum Gasteiger partial charge on any atom is 0.319 e. The highest BCUT2D eigenvalue weighted by molar-refractivity contribution is 8.00. The Morgan fingerprint density at radius 1 is 1.45 bits per heavy atom. The zero-order valence-corrected chi connectivity index (χ0v) is 11.9. The van der Waals surface area contributed by atoms with Crippen LogP contribution in [0.4, 0.5) is 0 Å². The summed E-state index contributed by atoms with van der Waals surface area (Å²) in [6.07, 6.45) is 0. The van der Waals surface area contributed by atoms with E-state index in [9.17, 15) is 9.90 Å². The van der Waals surface area contributed by atoms with Gasteiger partial charge in [-0.2, -0.15) is 4.68 Å². The van der Waals surface area contributed by atoms with Gasteiger partial charge in [-0.15, -0.1) is 5.10 Å². The Hall–Kier alpha value is -2.09. The molecule has 0 aliphatic rings. The van der Waals surface area contributed by atoms with E-state index >= 15 is 0 Å². The predicted molar refractivity (Wildman–Crippen MR) is 72.8 cm³/mol. The number of carbonyl (C=O) groups is 1. The van der Waals surface area contributed by atoms with Crippen molar-refractivity contribution in [3.8, 4) is 11.4 Å². The second kappa shape index (κ2) is 6.38. The number of esters is 1. The molecule has 0 bridgehead atoms. The summed E-state index contributed by atoms with van der Waals surface area (Å²) in [4.78, 5) is 11.6. The Balaban J connectivity index is 2.16. The van der Waals surface area contributed by atoms with Gasteiger partial charge >= 0.3 is 5.97 Å². The van der Waals surface area contributed by atoms with E-state index in [1.807, 2.05) is 0 Å². The fourth-order valence-corrected chi connectivity index (χ4v) is 2.28. The number of ether oxygens (including phenoxy) is 1. The van der Waals surface area contributed by atoms with Crippen LogP contribution < -0.4 is 0 Å². The number of thioether (sulfide) groups is 1. The van der Waals surface area contributed by atoms with Crippen molar-refractivity contribution < 1.29 is 14.6 Å². The second-order valence-corrected chi connectivity index (χ2v) is 5.21. The predicted octanol–water partition coefficient (Wildman–Crippen LogP) is 1.41. The lowest BCUT2D eigenvalue weighted by Gasteiger charge is -2.09. The third-order valence-electron chi connectivity index (χ3n) is 2.44. The highest BCUT2D eigenvalue weighted by Gasteiger charge is 2.20. The molecular weight excluding hydrogens is 280 g/mol. The zero-order chi connectivity index (χ0) is 14.5. The van der Waals surface area contributed by atoms with E-state index < -0.39 is 5.25 Å². The molecule has 0 spiro atoms. The first-order chi connectivity index (χ1) is 9.61. The van der Waals surface area contributed by atoms with Crippen molar-refractivity contribution in [1.82, 2.24) is 20.2 Å². The number of phenolic OH excluding ortho intramolecular Hbond substituents is 1. The number of aromatic hydroxyl groups is 1. The molecular formula is C12H14N4O3S. The van der Waals surface area contributed by atoms with Crippen molar-refractivity contribution in [2.24, 2.45) is 0 Å². The van der Waals surface area contributed by atoms with E-state index in [1.165, 1.54) is 16.4 Å². The van der Waals surface area contributed by atoms with Crippen LogP contribution in [-0.4, -0.2) is 43.1 Å². The van der Waals surface area contributed by atoms with E-state index in [4.69, 9.17) is 4.74 Å². The minimum Gasteiger partial charge on any atom is -0.508 e. The van der Waals surface area contributed by atoms with Gasteiger partial charge in [0.2, 0.25) is 5.16 Å². The molecule has 0 saturated carbocycles. The largest absolute Gasteiger partial charge is 0.508 e. The molecule has 1 N–H and O–H groups in total. The maximum atomic E-state index is 11.6. The summed E-state index contributed by atoms with van der Waals surface area (Å²) >= 11 is 1.21. The van der Waals surface area contributed by atoms with Gasteiger partial charge in [0.25, 0.3) is 0 Å². The zero-order valence-electron chi connectivity index (χ0n) is 11.1. The summed E-state index contributed by atoms with van der Waals surface area (Å²) in [5, 5.41) is 20.7.